The number of hydrogen-bond acceptors (Lipinski definition) is 3. The molecule has 2 rings (SSSR count). The van der Waals surface area contributed by atoms with Crippen molar-refractivity contribution in [3.05, 3.63) is 71.3 Å². The lowest BCUT2D eigenvalue weighted by Crippen LogP contribution is -2.10. The Balaban J connectivity index is 2.03. The molecule has 0 unspecified atom stereocenters. The maximum atomic E-state index is 13.3. The molecule has 0 heterocycles. The van der Waals surface area contributed by atoms with Gasteiger partial charge in [-0.25, -0.2) is 4.79 Å². The van der Waals surface area contributed by atoms with Gasteiger partial charge in [-0.15, -0.1) is 0 Å². The highest BCUT2D eigenvalue weighted by molar-refractivity contribution is 5.87. The number of esters is 1. The lowest BCUT2D eigenvalue weighted by atomic mass is 10.1. The van der Waals surface area contributed by atoms with E-state index in [0.29, 0.717) is 6.42 Å². The molecule has 0 aliphatic heterocycles. The number of hydrogen-bond donors (Lipinski definition) is 0. The van der Waals surface area contributed by atoms with Crippen molar-refractivity contribution in [3.8, 4) is 5.75 Å². The monoisotopic (exact) mass is 378 g/mol. The summed E-state index contributed by atoms with van der Waals surface area (Å²) in [6.45, 7) is 2.03. The molecule has 0 radical (unpaired) electrons. The van der Waals surface area contributed by atoms with Crippen molar-refractivity contribution in [1.29, 1.82) is 0 Å². The van der Waals surface area contributed by atoms with Gasteiger partial charge in [-0.3, -0.25) is 0 Å². The van der Waals surface area contributed by atoms with E-state index in [1.165, 1.54) is 18.2 Å². The molecule has 0 bridgehead atoms. The average Bonchev–Trinajstić information content (AvgIpc) is 2.64. The van der Waals surface area contributed by atoms with Crippen LogP contribution in [0.25, 0.3) is 6.08 Å². The standard InChI is InChI=1S/C21H21F3O3/c1-2-26-20(25)13-11-17-10-12-19(18(15-17)21(22,23)24)27-14-6-9-16-7-4-3-5-8-16/h3-5,7-8,10-13,15H,2,6,9,14H2,1H3/b13-11-. The van der Waals surface area contributed by atoms with E-state index in [1.54, 1.807) is 6.92 Å². The summed E-state index contributed by atoms with van der Waals surface area (Å²) in [4.78, 5) is 11.3. The van der Waals surface area contributed by atoms with E-state index in [-0.39, 0.29) is 24.5 Å². The molecule has 0 fully saturated rings. The van der Waals surface area contributed by atoms with Gasteiger partial charge in [-0.1, -0.05) is 36.4 Å². The van der Waals surface area contributed by atoms with Gasteiger partial charge in [0.15, 0.2) is 0 Å². The van der Waals surface area contributed by atoms with Crippen LogP contribution in [0.2, 0.25) is 0 Å². The fraction of sp³-hybridized carbons (Fsp3) is 0.286. The van der Waals surface area contributed by atoms with Crippen LogP contribution in [0.4, 0.5) is 13.2 Å². The van der Waals surface area contributed by atoms with Crippen molar-refractivity contribution in [2.24, 2.45) is 0 Å². The van der Waals surface area contributed by atoms with E-state index in [4.69, 9.17) is 9.47 Å². The van der Waals surface area contributed by atoms with Crippen molar-refractivity contribution < 1.29 is 27.4 Å². The predicted molar refractivity (Wildman–Crippen MR) is 97.4 cm³/mol. The fourth-order valence-electron chi connectivity index (χ4n) is 2.46. The number of aryl methyl sites for hydroxylation is 1. The molecule has 0 aliphatic carbocycles. The van der Waals surface area contributed by atoms with Crippen LogP contribution in [0.1, 0.15) is 30.0 Å². The molecular formula is C21H21F3O3. The predicted octanol–water partition coefficient (Wildman–Crippen LogP) is 5.29. The van der Waals surface area contributed by atoms with Crippen molar-refractivity contribution in [1.82, 2.24) is 0 Å². The van der Waals surface area contributed by atoms with Crippen molar-refractivity contribution in [3.63, 3.8) is 0 Å². The van der Waals surface area contributed by atoms with Gasteiger partial charge in [0.05, 0.1) is 18.8 Å². The van der Waals surface area contributed by atoms with Crippen LogP contribution >= 0.6 is 0 Å². The van der Waals surface area contributed by atoms with E-state index in [1.807, 2.05) is 30.3 Å². The van der Waals surface area contributed by atoms with Crippen LogP contribution in [-0.4, -0.2) is 19.2 Å². The Bertz CT molecular complexity index is 768. The molecule has 3 nitrogen and oxygen atoms in total. The smallest absolute Gasteiger partial charge is 0.419 e. The summed E-state index contributed by atoms with van der Waals surface area (Å²) in [5.41, 5.74) is 0.483. The lowest BCUT2D eigenvalue weighted by molar-refractivity contribution is -0.139. The molecular weight excluding hydrogens is 357 g/mol. The topological polar surface area (TPSA) is 35.5 Å². The second kappa shape index (κ2) is 9.80. The highest BCUT2D eigenvalue weighted by Crippen LogP contribution is 2.37. The van der Waals surface area contributed by atoms with Gasteiger partial charge in [0.2, 0.25) is 0 Å². The summed E-state index contributed by atoms with van der Waals surface area (Å²) >= 11 is 0. The summed E-state index contributed by atoms with van der Waals surface area (Å²) in [6, 6.07) is 13.4. The second-order valence-electron chi connectivity index (χ2n) is 5.78. The summed E-state index contributed by atoms with van der Waals surface area (Å²) in [7, 11) is 0. The molecule has 0 saturated heterocycles. The van der Waals surface area contributed by atoms with Gasteiger partial charge in [-0.05, 0) is 49.1 Å². The molecule has 0 atom stereocenters. The largest absolute Gasteiger partial charge is 0.493 e. The van der Waals surface area contributed by atoms with Gasteiger partial charge < -0.3 is 9.47 Å². The number of rotatable bonds is 8. The average molecular weight is 378 g/mol. The molecule has 2 aromatic carbocycles. The molecule has 144 valence electrons. The van der Waals surface area contributed by atoms with Crippen molar-refractivity contribution >= 4 is 12.0 Å². The Labute approximate surface area is 156 Å². The minimum Gasteiger partial charge on any atom is -0.493 e. The van der Waals surface area contributed by atoms with E-state index < -0.39 is 17.7 Å². The van der Waals surface area contributed by atoms with E-state index in [0.717, 1.165) is 24.1 Å². The van der Waals surface area contributed by atoms with Gasteiger partial charge in [-0.2, -0.15) is 13.2 Å². The summed E-state index contributed by atoms with van der Waals surface area (Å²) in [6.07, 6.45) is -0.845. The zero-order chi connectivity index (χ0) is 19.7. The molecule has 6 heteroatoms. The highest BCUT2D eigenvalue weighted by Gasteiger charge is 2.34. The molecule has 0 N–H and O–H groups in total. The quantitative estimate of drug-likeness (QED) is 0.356. The number of benzene rings is 2. The number of alkyl halides is 3. The molecule has 0 spiro atoms. The number of halogens is 3. The van der Waals surface area contributed by atoms with Crippen LogP contribution in [0.3, 0.4) is 0 Å². The van der Waals surface area contributed by atoms with Crippen LogP contribution in [0.5, 0.6) is 5.75 Å². The van der Waals surface area contributed by atoms with E-state index >= 15 is 0 Å². The Kier molecular flexibility index (Phi) is 7.46. The van der Waals surface area contributed by atoms with Crippen molar-refractivity contribution in [2.75, 3.05) is 13.2 Å². The summed E-state index contributed by atoms with van der Waals surface area (Å²) in [5, 5.41) is 0. The van der Waals surface area contributed by atoms with E-state index in [9.17, 15) is 18.0 Å². The van der Waals surface area contributed by atoms with Crippen LogP contribution < -0.4 is 4.74 Å². The fourth-order valence-corrected chi connectivity index (χ4v) is 2.46. The first-order chi connectivity index (χ1) is 12.9. The van der Waals surface area contributed by atoms with Gasteiger partial charge in [0.1, 0.15) is 5.75 Å². The Morgan fingerprint density at radius 2 is 1.85 bits per heavy atom. The van der Waals surface area contributed by atoms with Gasteiger partial charge in [0, 0.05) is 6.08 Å². The number of ether oxygens (including phenoxy) is 2. The molecule has 0 amide bonds. The molecule has 0 aliphatic rings. The normalized spacial score (nSPS) is 11.6. The lowest BCUT2D eigenvalue weighted by Gasteiger charge is -2.15. The Morgan fingerprint density at radius 1 is 1.11 bits per heavy atom. The Hall–Kier alpha value is -2.76. The van der Waals surface area contributed by atoms with Crippen LogP contribution in [-0.2, 0) is 22.1 Å². The second-order valence-corrected chi connectivity index (χ2v) is 5.78. The zero-order valence-corrected chi connectivity index (χ0v) is 15.0. The van der Waals surface area contributed by atoms with Crippen molar-refractivity contribution in [2.45, 2.75) is 25.9 Å². The molecule has 0 aromatic heterocycles. The van der Waals surface area contributed by atoms with E-state index in [2.05, 4.69) is 0 Å². The van der Waals surface area contributed by atoms with Crippen LogP contribution in [0.15, 0.2) is 54.6 Å². The minimum absolute atomic E-state index is 0.177. The third-order valence-electron chi connectivity index (χ3n) is 3.72. The molecule has 2 aromatic rings. The first-order valence-electron chi connectivity index (χ1n) is 8.63. The summed E-state index contributed by atoms with van der Waals surface area (Å²) < 4.78 is 50.1. The summed E-state index contributed by atoms with van der Waals surface area (Å²) in [5.74, 6) is -0.823. The third-order valence-corrected chi connectivity index (χ3v) is 3.72. The van der Waals surface area contributed by atoms with Gasteiger partial charge >= 0.3 is 12.1 Å². The maximum absolute atomic E-state index is 13.3. The first-order valence-corrected chi connectivity index (χ1v) is 8.63. The maximum Gasteiger partial charge on any atom is 0.419 e. The van der Waals surface area contributed by atoms with Crippen LogP contribution in [0, 0.1) is 0 Å². The third kappa shape index (κ3) is 6.81. The molecule has 0 saturated carbocycles. The number of carbonyl (C=O) groups is 1. The van der Waals surface area contributed by atoms with Gasteiger partial charge in [0.25, 0.3) is 0 Å². The first kappa shape index (κ1) is 20.6. The highest BCUT2D eigenvalue weighted by atomic mass is 19.4. The molecule has 27 heavy (non-hydrogen) atoms. The SMILES string of the molecule is CCOC(=O)/C=C\c1ccc(OCCCc2ccccc2)c(C(F)(F)F)c1. The minimum atomic E-state index is -4.55. The Morgan fingerprint density at radius 3 is 2.52 bits per heavy atom. The number of carbonyl (C=O) groups excluding carboxylic acids is 1. The zero-order valence-electron chi connectivity index (χ0n) is 15.0.